The summed E-state index contributed by atoms with van der Waals surface area (Å²) in [5.41, 5.74) is 5.05. The van der Waals surface area contributed by atoms with E-state index in [0.29, 0.717) is 11.5 Å². The van der Waals surface area contributed by atoms with Gasteiger partial charge >= 0.3 is 5.97 Å². The van der Waals surface area contributed by atoms with E-state index < -0.39 is 5.97 Å². The Bertz CT molecular complexity index is 1250. The number of carbonyl (C=O) groups is 1. The fourth-order valence-electron chi connectivity index (χ4n) is 4.96. The van der Waals surface area contributed by atoms with Crippen molar-refractivity contribution in [2.45, 2.75) is 31.6 Å². The maximum Gasteiger partial charge on any atom is 0.335 e. The van der Waals surface area contributed by atoms with Crippen LogP contribution in [0.2, 0.25) is 0 Å². The number of nitrogens with one attached hydrogen (secondary N) is 2. The van der Waals surface area contributed by atoms with Gasteiger partial charge in [0.1, 0.15) is 5.75 Å². The summed E-state index contributed by atoms with van der Waals surface area (Å²) >= 11 is 0. The number of piperidine rings is 1. The summed E-state index contributed by atoms with van der Waals surface area (Å²) in [7, 11) is 1.70. The van der Waals surface area contributed by atoms with Crippen molar-refractivity contribution in [3.8, 4) is 5.75 Å². The molecular weight excluding hydrogens is 402 g/mol. The van der Waals surface area contributed by atoms with Crippen molar-refractivity contribution < 1.29 is 14.6 Å². The van der Waals surface area contributed by atoms with E-state index in [1.807, 2.05) is 18.3 Å². The van der Waals surface area contributed by atoms with E-state index in [4.69, 9.17) is 4.74 Å². The Balaban J connectivity index is 1.15. The average molecular weight is 432 g/mol. The molecular formula is C26H29N3O3. The standard InChI is InChI=1S/C26H29N3O3/c1-32-21-5-7-23-20(13-21)15-25(28-23)17-8-11-29(12-9-17)10-2-3-19-16-27-24-6-4-18(26(30)31)14-22(19)24/h4-7,13-17,27-28H,2-3,8-12H2,1H3,(H,30,31). The van der Waals surface area contributed by atoms with Gasteiger partial charge in [-0.1, -0.05) is 0 Å². The second-order valence-electron chi connectivity index (χ2n) is 8.78. The highest BCUT2D eigenvalue weighted by molar-refractivity contribution is 5.94. The zero-order valence-corrected chi connectivity index (χ0v) is 18.4. The Morgan fingerprint density at radius 3 is 2.72 bits per heavy atom. The van der Waals surface area contributed by atoms with Crippen LogP contribution in [0.5, 0.6) is 5.75 Å². The topological polar surface area (TPSA) is 81.3 Å². The predicted octanol–water partition coefficient (Wildman–Crippen LogP) is 5.17. The minimum Gasteiger partial charge on any atom is -0.497 e. The number of aromatic carboxylic acids is 1. The van der Waals surface area contributed by atoms with Crippen molar-refractivity contribution >= 4 is 27.8 Å². The molecule has 0 amide bonds. The Labute approximate surface area is 187 Å². The van der Waals surface area contributed by atoms with E-state index in [2.05, 4.69) is 33.1 Å². The first-order valence-electron chi connectivity index (χ1n) is 11.3. The lowest BCUT2D eigenvalue weighted by molar-refractivity contribution is 0.0697. The Kier molecular flexibility index (Phi) is 5.62. The lowest BCUT2D eigenvalue weighted by Crippen LogP contribution is -2.33. The van der Waals surface area contributed by atoms with Gasteiger partial charge in [0.05, 0.1) is 12.7 Å². The van der Waals surface area contributed by atoms with Gasteiger partial charge in [0, 0.05) is 39.6 Å². The molecule has 1 saturated heterocycles. The molecule has 4 aromatic rings. The van der Waals surface area contributed by atoms with Crippen LogP contribution in [-0.2, 0) is 6.42 Å². The van der Waals surface area contributed by atoms with Gasteiger partial charge in [0.25, 0.3) is 0 Å². The number of carboxylic acids is 1. The third-order valence-electron chi connectivity index (χ3n) is 6.81. The number of nitrogens with zero attached hydrogens (tertiary/aromatic N) is 1. The molecule has 32 heavy (non-hydrogen) atoms. The summed E-state index contributed by atoms with van der Waals surface area (Å²) in [5, 5.41) is 11.5. The normalized spacial score (nSPS) is 15.5. The van der Waals surface area contributed by atoms with Gasteiger partial charge in [-0.2, -0.15) is 0 Å². The molecule has 1 aliphatic rings. The Morgan fingerprint density at radius 2 is 1.94 bits per heavy atom. The molecule has 166 valence electrons. The molecule has 0 radical (unpaired) electrons. The number of methoxy groups -OCH3 is 1. The van der Waals surface area contributed by atoms with E-state index in [1.165, 1.54) is 35.0 Å². The molecule has 1 aliphatic heterocycles. The average Bonchev–Trinajstić information content (AvgIpc) is 3.42. The maximum absolute atomic E-state index is 11.3. The van der Waals surface area contributed by atoms with Crippen LogP contribution >= 0.6 is 0 Å². The van der Waals surface area contributed by atoms with E-state index in [1.54, 1.807) is 19.2 Å². The number of likely N-dealkylation sites (tertiary alicyclic amines) is 1. The smallest absolute Gasteiger partial charge is 0.335 e. The number of hydrogen-bond acceptors (Lipinski definition) is 3. The van der Waals surface area contributed by atoms with Crippen LogP contribution in [0.15, 0.2) is 48.7 Å². The molecule has 6 nitrogen and oxygen atoms in total. The number of H-pyrrole nitrogens is 2. The van der Waals surface area contributed by atoms with Crippen LogP contribution in [0.25, 0.3) is 21.8 Å². The second-order valence-corrected chi connectivity index (χ2v) is 8.78. The Hall–Kier alpha value is -3.25. The molecule has 0 unspecified atom stereocenters. The fourth-order valence-corrected chi connectivity index (χ4v) is 4.96. The summed E-state index contributed by atoms with van der Waals surface area (Å²) in [4.78, 5) is 20.7. The minimum absolute atomic E-state index is 0.343. The van der Waals surface area contributed by atoms with Gasteiger partial charge < -0.3 is 24.7 Å². The number of aromatic amines is 2. The van der Waals surface area contributed by atoms with Gasteiger partial charge in [-0.25, -0.2) is 4.79 Å². The highest BCUT2D eigenvalue weighted by Crippen LogP contribution is 2.31. The summed E-state index contributed by atoms with van der Waals surface area (Å²) in [5.74, 6) is 0.593. The summed E-state index contributed by atoms with van der Waals surface area (Å²) in [6, 6.07) is 13.8. The first-order valence-corrected chi connectivity index (χ1v) is 11.3. The highest BCUT2D eigenvalue weighted by atomic mass is 16.5. The van der Waals surface area contributed by atoms with Crippen LogP contribution in [-0.4, -0.2) is 52.7 Å². The van der Waals surface area contributed by atoms with Crippen molar-refractivity contribution in [3.05, 3.63) is 65.5 Å². The van der Waals surface area contributed by atoms with Crippen LogP contribution < -0.4 is 4.74 Å². The molecule has 2 aromatic heterocycles. The highest BCUT2D eigenvalue weighted by Gasteiger charge is 2.22. The molecule has 3 heterocycles. The number of benzene rings is 2. The summed E-state index contributed by atoms with van der Waals surface area (Å²) in [6.45, 7) is 3.29. The van der Waals surface area contributed by atoms with Crippen LogP contribution in [0.3, 0.4) is 0 Å². The number of aryl methyl sites for hydroxylation is 1. The summed E-state index contributed by atoms with van der Waals surface area (Å²) < 4.78 is 5.35. The van der Waals surface area contributed by atoms with E-state index in [0.717, 1.165) is 49.1 Å². The number of carboxylic acid groups (broad SMARTS) is 1. The van der Waals surface area contributed by atoms with Crippen molar-refractivity contribution in [2.75, 3.05) is 26.7 Å². The number of rotatable bonds is 7. The molecule has 0 spiro atoms. The number of fused-ring (bicyclic) bond motifs is 2. The number of hydrogen-bond donors (Lipinski definition) is 3. The van der Waals surface area contributed by atoms with Crippen molar-refractivity contribution in [3.63, 3.8) is 0 Å². The van der Waals surface area contributed by atoms with Crippen LogP contribution in [0.4, 0.5) is 0 Å². The zero-order valence-electron chi connectivity index (χ0n) is 18.4. The molecule has 2 aromatic carbocycles. The van der Waals surface area contributed by atoms with Gasteiger partial charge in [0.15, 0.2) is 0 Å². The molecule has 1 fully saturated rings. The second kappa shape index (κ2) is 8.71. The summed E-state index contributed by atoms with van der Waals surface area (Å²) in [6.07, 6.45) is 6.37. The third kappa shape index (κ3) is 4.10. The SMILES string of the molecule is COc1ccc2[nH]c(C3CCN(CCCc4c[nH]c5ccc(C(=O)O)cc45)CC3)cc2c1. The van der Waals surface area contributed by atoms with Crippen molar-refractivity contribution in [2.24, 2.45) is 0 Å². The van der Waals surface area contributed by atoms with Gasteiger partial charge in [0.2, 0.25) is 0 Å². The van der Waals surface area contributed by atoms with Gasteiger partial charge in [-0.05, 0) is 93.3 Å². The molecule has 0 saturated carbocycles. The zero-order chi connectivity index (χ0) is 22.1. The first-order chi connectivity index (χ1) is 15.6. The lowest BCUT2D eigenvalue weighted by atomic mass is 9.93. The predicted molar refractivity (Wildman–Crippen MR) is 127 cm³/mol. The molecule has 3 N–H and O–H groups in total. The third-order valence-corrected chi connectivity index (χ3v) is 6.81. The minimum atomic E-state index is -0.879. The fraction of sp³-hybridized carbons (Fsp3) is 0.346. The Morgan fingerprint density at radius 1 is 1.12 bits per heavy atom. The van der Waals surface area contributed by atoms with E-state index in [9.17, 15) is 9.90 Å². The largest absolute Gasteiger partial charge is 0.497 e. The van der Waals surface area contributed by atoms with Crippen LogP contribution in [0.1, 0.15) is 46.8 Å². The first kappa shape index (κ1) is 20.6. The molecule has 0 bridgehead atoms. The van der Waals surface area contributed by atoms with Gasteiger partial charge in [-0.3, -0.25) is 0 Å². The van der Waals surface area contributed by atoms with Crippen molar-refractivity contribution in [1.29, 1.82) is 0 Å². The molecule has 6 heteroatoms. The van der Waals surface area contributed by atoms with E-state index >= 15 is 0 Å². The molecule has 0 aliphatic carbocycles. The lowest BCUT2D eigenvalue weighted by Gasteiger charge is -2.31. The quantitative estimate of drug-likeness (QED) is 0.377. The van der Waals surface area contributed by atoms with Crippen LogP contribution in [0, 0.1) is 0 Å². The van der Waals surface area contributed by atoms with E-state index in [-0.39, 0.29) is 0 Å². The van der Waals surface area contributed by atoms with Crippen molar-refractivity contribution in [1.82, 2.24) is 14.9 Å². The molecule has 5 rings (SSSR count). The monoisotopic (exact) mass is 431 g/mol. The number of aromatic nitrogens is 2. The van der Waals surface area contributed by atoms with Gasteiger partial charge in [-0.15, -0.1) is 0 Å². The number of ether oxygens (including phenoxy) is 1. The maximum atomic E-state index is 11.3. The molecule has 0 atom stereocenters.